The molecule has 1 aromatic carbocycles. The van der Waals surface area contributed by atoms with E-state index < -0.39 is 5.56 Å². The molecule has 0 fully saturated rings. The van der Waals surface area contributed by atoms with Crippen molar-refractivity contribution in [3.05, 3.63) is 62.6 Å². The molecule has 1 aliphatic carbocycles. The number of aliphatic hydroxyl groups is 1. The minimum Gasteiger partial charge on any atom is -0.504 e. The van der Waals surface area contributed by atoms with Crippen molar-refractivity contribution in [1.82, 2.24) is 14.5 Å². The summed E-state index contributed by atoms with van der Waals surface area (Å²) in [7, 11) is 0. The number of nitrogens with zero attached hydrogens (tertiary/aromatic N) is 3. The first kappa shape index (κ1) is 18.6. The number of allylic oxidation sites excluding steroid dienone is 1. The summed E-state index contributed by atoms with van der Waals surface area (Å²) in [5, 5.41) is 11.3. The summed E-state index contributed by atoms with van der Waals surface area (Å²) < 4.78 is 2.29. The number of hydrogen-bond donors (Lipinski definition) is 1. The molecule has 134 valence electrons. The van der Waals surface area contributed by atoms with Crippen molar-refractivity contribution in [2.75, 3.05) is 0 Å². The number of benzene rings is 1. The van der Waals surface area contributed by atoms with Gasteiger partial charge in [0.15, 0.2) is 10.9 Å². The lowest BCUT2D eigenvalue weighted by molar-refractivity contribution is 0.506. The zero-order valence-electron chi connectivity index (χ0n) is 14.0. The summed E-state index contributed by atoms with van der Waals surface area (Å²) in [4.78, 5) is 21.5. The molecule has 5 nitrogen and oxygen atoms in total. The first-order chi connectivity index (χ1) is 12.6. The zero-order valence-corrected chi connectivity index (χ0v) is 16.4. The van der Waals surface area contributed by atoms with Crippen LogP contribution in [0.25, 0.3) is 26.1 Å². The predicted octanol–water partition coefficient (Wildman–Crippen LogP) is 3.41. The molecule has 0 amide bonds. The predicted molar refractivity (Wildman–Crippen MR) is 107 cm³/mol. The molecule has 0 spiro atoms. The lowest BCUT2D eigenvalue weighted by Crippen LogP contribution is -2.47. The van der Waals surface area contributed by atoms with Gasteiger partial charge in [0, 0.05) is 11.5 Å². The monoisotopic (exact) mass is 407 g/mol. The normalized spacial score (nSPS) is 13.6. The summed E-state index contributed by atoms with van der Waals surface area (Å²) in [5.74, 6) is -0.254. The van der Waals surface area contributed by atoms with Crippen LogP contribution in [0.4, 0.5) is 0 Å². The van der Waals surface area contributed by atoms with E-state index in [1.807, 2.05) is 38.1 Å². The topological polar surface area (TPSA) is 68.0 Å². The van der Waals surface area contributed by atoms with Gasteiger partial charge in [-0.25, -0.2) is 14.5 Å². The fraction of sp³-hybridized carbons (Fsp3) is 0.167. The number of para-hydroxylation sites is 1. The van der Waals surface area contributed by atoms with E-state index in [-0.39, 0.29) is 32.8 Å². The van der Waals surface area contributed by atoms with E-state index >= 15 is 0 Å². The fourth-order valence-corrected chi connectivity index (χ4v) is 3.82. The Balaban J connectivity index is 0.000000948. The van der Waals surface area contributed by atoms with Gasteiger partial charge < -0.3 is 5.11 Å². The Bertz CT molecular complexity index is 1160. The first-order valence-electron chi connectivity index (χ1n) is 7.98. The maximum atomic E-state index is 12.9. The van der Waals surface area contributed by atoms with Crippen LogP contribution in [0, 0.1) is 0 Å². The summed E-state index contributed by atoms with van der Waals surface area (Å²) in [6, 6.07) is 7.60. The van der Waals surface area contributed by atoms with Crippen molar-refractivity contribution in [2.24, 2.45) is 0 Å². The zero-order chi connectivity index (χ0) is 18.8. The number of halogens is 2. The Labute approximate surface area is 163 Å². The molecule has 0 bridgehead atoms. The minimum absolute atomic E-state index is 0.0844. The highest BCUT2D eigenvalue weighted by Crippen LogP contribution is 2.23. The Morgan fingerprint density at radius 2 is 1.96 bits per heavy atom. The van der Waals surface area contributed by atoms with E-state index in [9.17, 15) is 9.90 Å². The van der Waals surface area contributed by atoms with Gasteiger partial charge in [-0.05, 0) is 12.1 Å². The van der Waals surface area contributed by atoms with Crippen molar-refractivity contribution >= 4 is 55.5 Å². The van der Waals surface area contributed by atoms with E-state index in [4.69, 9.17) is 23.2 Å². The van der Waals surface area contributed by atoms with Gasteiger partial charge in [-0.15, -0.1) is 0 Å². The van der Waals surface area contributed by atoms with Crippen LogP contribution in [0.3, 0.4) is 0 Å². The molecular weight excluding hydrogens is 393 g/mol. The molecule has 4 rings (SSSR count). The summed E-state index contributed by atoms with van der Waals surface area (Å²) in [6.45, 7) is 4.00. The number of aromatic nitrogens is 3. The molecule has 26 heavy (non-hydrogen) atoms. The van der Waals surface area contributed by atoms with E-state index in [2.05, 4.69) is 9.97 Å². The Morgan fingerprint density at radius 3 is 2.69 bits per heavy atom. The molecule has 0 aliphatic heterocycles. The van der Waals surface area contributed by atoms with Crippen molar-refractivity contribution in [3.8, 4) is 5.13 Å². The first-order valence-corrected chi connectivity index (χ1v) is 9.55. The van der Waals surface area contributed by atoms with Crippen LogP contribution >= 0.6 is 34.5 Å². The maximum Gasteiger partial charge on any atom is 0.268 e. The SMILES string of the molecule is CC.O=c1c2c(ncn1-c1nc3ccccc3s1)=C(O)C(Cl)=CCC=2Cl. The third kappa shape index (κ3) is 3.16. The van der Waals surface area contributed by atoms with Crippen LogP contribution < -0.4 is 16.1 Å². The average molecular weight is 408 g/mol. The molecule has 0 atom stereocenters. The van der Waals surface area contributed by atoms with Crippen molar-refractivity contribution in [1.29, 1.82) is 0 Å². The van der Waals surface area contributed by atoms with Crippen LogP contribution in [-0.4, -0.2) is 19.6 Å². The molecular formula is C18H15Cl2N3O2S. The van der Waals surface area contributed by atoms with Gasteiger partial charge in [0.25, 0.3) is 5.56 Å². The van der Waals surface area contributed by atoms with Gasteiger partial charge in [0.05, 0.1) is 20.5 Å². The quantitative estimate of drug-likeness (QED) is 0.670. The van der Waals surface area contributed by atoms with Gasteiger partial charge in [-0.1, -0.05) is 66.6 Å². The molecule has 1 aliphatic rings. The highest BCUT2D eigenvalue weighted by molar-refractivity contribution is 7.20. The van der Waals surface area contributed by atoms with Crippen LogP contribution in [0.2, 0.25) is 0 Å². The van der Waals surface area contributed by atoms with E-state index in [0.717, 1.165) is 10.2 Å². The fourth-order valence-electron chi connectivity index (χ4n) is 2.47. The highest BCUT2D eigenvalue weighted by Gasteiger charge is 2.15. The van der Waals surface area contributed by atoms with Crippen molar-refractivity contribution < 1.29 is 5.11 Å². The Kier molecular flexibility index (Phi) is 5.46. The lowest BCUT2D eigenvalue weighted by atomic mass is 10.3. The Hall–Kier alpha value is -2.15. The van der Waals surface area contributed by atoms with Crippen LogP contribution in [0.15, 0.2) is 46.5 Å². The summed E-state index contributed by atoms with van der Waals surface area (Å²) >= 11 is 13.6. The van der Waals surface area contributed by atoms with Crippen molar-refractivity contribution in [2.45, 2.75) is 20.3 Å². The molecule has 0 saturated heterocycles. The third-order valence-electron chi connectivity index (χ3n) is 3.64. The minimum atomic E-state index is -0.393. The third-order valence-corrected chi connectivity index (χ3v) is 5.36. The average Bonchev–Trinajstić information content (AvgIpc) is 3.05. The maximum absolute atomic E-state index is 12.9. The molecule has 0 saturated carbocycles. The molecule has 0 radical (unpaired) electrons. The molecule has 2 aromatic heterocycles. The van der Waals surface area contributed by atoms with Gasteiger partial charge in [0.1, 0.15) is 11.7 Å². The number of thiazole rings is 1. The number of fused-ring (bicyclic) bond motifs is 2. The van der Waals surface area contributed by atoms with Gasteiger partial charge in [0.2, 0.25) is 0 Å². The van der Waals surface area contributed by atoms with Gasteiger partial charge in [-0.2, -0.15) is 0 Å². The number of aliphatic hydroxyl groups excluding tert-OH is 1. The van der Waals surface area contributed by atoms with Crippen molar-refractivity contribution in [3.63, 3.8) is 0 Å². The van der Waals surface area contributed by atoms with Crippen LogP contribution in [0.5, 0.6) is 0 Å². The summed E-state index contributed by atoms with van der Waals surface area (Å²) in [5.41, 5.74) is 0.406. The van der Waals surface area contributed by atoms with Gasteiger partial charge >= 0.3 is 0 Å². The molecule has 2 heterocycles. The van der Waals surface area contributed by atoms with Crippen LogP contribution in [0.1, 0.15) is 20.3 Å². The largest absolute Gasteiger partial charge is 0.504 e. The molecule has 8 heteroatoms. The van der Waals surface area contributed by atoms with E-state index in [0.29, 0.717) is 5.13 Å². The standard InChI is InChI=1S/C16H9Cl2N3O2S.C2H6/c17-8-5-6-9(18)14(22)13-12(8)15(23)21(7-19-13)16-20-10-3-1-2-4-11(10)24-16;1-2/h1-4,6-7,22H,5H2;1-2H3. The van der Waals surface area contributed by atoms with E-state index in [1.165, 1.54) is 22.2 Å². The smallest absolute Gasteiger partial charge is 0.268 e. The molecule has 0 unspecified atom stereocenters. The second-order valence-corrected chi connectivity index (χ2v) is 6.99. The van der Waals surface area contributed by atoms with Crippen LogP contribution in [-0.2, 0) is 0 Å². The molecule has 1 N–H and O–H groups in total. The number of rotatable bonds is 1. The lowest BCUT2D eigenvalue weighted by Gasteiger charge is -2.02. The second kappa shape index (κ2) is 7.61. The van der Waals surface area contributed by atoms with Gasteiger partial charge in [-0.3, -0.25) is 4.79 Å². The summed E-state index contributed by atoms with van der Waals surface area (Å²) in [6.07, 6.45) is 3.12. The number of hydrogen-bond acceptors (Lipinski definition) is 5. The molecule has 3 aromatic rings. The Morgan fingerprint density at radius 1 is 1.23 bits per heavy atom. The second-order valence-electron chi connectivity index (χ2n) is 5.12. The highest BCUT2D eigenvalue weighted by atomic mass is 35.5. The van der Waals surface area contributed by atoms with E-state index in [1.54, 1.807) is 6.08 Å².